The molecule has 1 N–H and O–H groups in total. The molecule has 2 amide bonds. The van der Waals surface area contributed by atoms with Crippen molar-refractivity contribution in [2.45, 2.75) is 25.9 Å². The number of rotatable bonds is 5. The van der Waals surface area contributed by atoms with E-state index in [-0.39, 0.29) is 18.4 Å². The van der Waals surface area contributed by atoms with Gasteiger partial charge in [0.1, 0.15) is 0 Å². The predicted molar refractivity (Wildman–Crippen MR) is 119 cm³/mol. The first-order valence-electron chi connectivity index (χ1n) is 10.8. The molecule has 0 saturated heterocycles. The molecule has 0 fully saturated rings. The number of H-pyrrole nitrogens is 1. The van der Waals surface area contributed by atoms with Gasteiger partial charge in [-0.3, -0.25) is 14.5 Å². The summed E-state index contributed by atoms with van der Waals surface area (Å²) in [6.45, 7) is 1.05. The summed E-state index contributed by atoms with van der Waals surface area (Å²) in [7, 11) is 0. The van der Waals surface area contributed by atoms with Crippen LogP contribution in [0.25, 0.3) is 21.8 Å². The summed E-state index contributed by atoms with van der Waals surface area (Å²) in [6.07, 6.45) is 2.80. The zero-order valence-corrected chi connectivity index (χ0v) is 17.1. The fourth-order valence-corrected chi connectivity index (χ4v) is 5.13. The van der Waals surface area contributed by atoms with Gasteiger partial charge in [-0.25, -0.2) is 0 Å². The first-order valence-corrected chi connectivity index (χ1v) is 10.8. The van der Waals surface area contributed by atoms with Crippen LogP contribution in [-0.2, 0) is 24.2 Å². The molecule has 2 heterocycles. The topological polar surface area (TPSA) is 62.4 Å². The van der Waals surface area contributed by atoms with Crippen LogP contribution in [-0.4, -0.2) is 34.8 Å². The van der Waals surface area contributed by atoms with Crippen molar-refractivity contribution < 1.29 is 14.3 Å². The maximum absolute atomic E-state index is 13.5. The Morgan fingerprint density at radius 3 is 2.48 bits per heavy atom. The van der Waals surface area contributed by atoms with Gasteiger partial charge in [-0.1, -0.05) is 48.5 Å². The molecule has 0 spiro atoms. The third-order valence-electron chi connectivity index (χ3n) is 6.52. The van der Waals surface area contributed by atoms with Crippen LogP contribution in [0, 0.1) is 0 Å². The predicted octanol–water partition coefficient (Wildman–Crippen LogP) is 4.62. The quantitative estimate of drug-likeness (QED) is 0.386. The van der Waals surface area contributed by atoms with Crippen molar-refractivity contribution in [1.82, 2.24) is 9.88 Å². The van der Waals surface area contributed by atoms with Gasteiger partial charge in [0.15, 0.2) is 0 Å². The molecule has 1 aliphatic heterocycles. The highest BCUT2D eigenvalue weighted by molar-refractivity contribution is 6.31. The number of aromatic amines is 1. The van der Waals surface area contributed by atoms with E-state index in [1.807, 2.05) is 54.6 Å². The van der Waals surface area contributed by atoms with Crippen molar-refractivity contribution in [3.63, 3.8) is 0 Å². The number of fused-ring (bicyclic) bond motifs is 8. The SMILES string of the molecule is O=C1c2c3c(c4[nH]c5ccccc5c4c2C(=O)N1CCOCc1ccccc1)CCC3. The molecule has 5 heteroatoms. The third-order valence-corrected chi connectivity index (χ3v) is 6.52. The number of imide groups is 1. The number of amides is 2. The lowest BCUT2D eigenvalue weighted by molar-refractivity contribution is 0.0545. The van der Waals surface area contributed by atoms with Crippen molar-refractivity contribution in [2.75, 3.05) is 13.2 Å². The van der Waals surface area contributed by atoms with E-state index in [1.165, 1.54) is 10.5 Å². The monoisotopic (exact) mass is 410 g/mol. The van der Waals surface area contributed by atoms with Gasteiger partial charge in [0, 0.05) is 16.3 Å². The van der Waals surface area contributed by atoms with Crippen LogP contribution in [0.15, 0.2) is 54.6 Å². The fraction of sp³-hybridized carbons (Fsp3) is 0.231. The Morgan fingerprint density at radius 2 is 1.61 bits per heavy atom. The van der Waals surface area contributed by atoms with Gasteiger partial charge >= 0.3 is 0 Å². The first kappa shape index (κ1) is 18.3. The van der Waals surface area contributed by atoms with Gasteiger partial charge in [-0.05, 0) is 42.0 Å². The molecule has 0 bridgehead atoms. The van der Waals surface area contributed by atoms with Crippen molar-refractivity contribution in [2.24, 2.45) is 0 Å². The van der Waals surface area contributed by atoms with Crippen molar-refractivity contribution in [3.05, 3.63) is 82.4 Å². The molecule has 0 atom stereocenters. The lowest BCUT2D eigenvalue weighted by atomic mass is 9.94. The van der Waals surface area contributed by atoms with Gasteiger partial charge in [-0.2, -0.15) is 0 Å². The number of carbonyl (C=O) groups is 2. The van der Waals surface area contributed by atoms with Crippen LogP contribution in [0.3, 0.4) is 0 Å². The normalized spacial score (nSPS) is 15.3. The number of aromatic nitrogens is 1. The summed E-state index contributed by atoms with van der Waals surface area (Å²) in [5.74, 6) is -0.374. The number of hydrogen-bond donors (Lipinski definition) is 1. The van der Waals surface area contributed by atoms with Gasteiger partial charge in [0.05, 0.1) is 36.4 Å². The van der Waals surface area contributed by atoms with Crippen molar-refractivity contribution in [3.8, 4) is 0 Å². The molecule has 1 aromatic heterocycles. The number of para-hydroxylation sites is 1. The number of nitrogens with zero attached hydrogens (tertiary/aromatic N) is 1. The van der Waals surface area contributed by atoms with Crippen molar-refractivity contribution in [1.29, 1.82) is 0 Å². The zero-order valence-electron chi connectivity index (χ0n) is 17.1. The second-order valence-corrected chi connectivity index (χ2v) is 8.28. The smallest absolute Gasteiger partial charge is 0.262 e. The molecule has 2 aliphatic rings. The number of aryl methyl sites for hydroxylation is 1. The molecule has 0 unspecified atom stereocenters. The minimum absolute atomic E-state index is 0.173. The van der Waals surface area contributed by atoms with Gasteiger partial charge in [0.2, 0.25) is 0 Å². The maximum atomic E-state index is 13.5. The zero-order chi connectivity index (χ0) is 20.9. The average molecular weight is 410 g/mol. The van der Waals surface area contributed by atoms with Crippen LogP contribution < -0.4 is 0 Å². The second kappa shape index (κ2) is 7.06. The Labute approximate surface area is 179 Å². The summed E-state index contributed by atoms with van der Waals surface area (Å²) >= 11 is 0. The fourth-order valence-electron chi connectivity index (χ4n) is 5.13. The molecular weight excluding hydrogens is 388 g/mol. The highest BCUT2D eigenvalue weighted by Gasteiger charge is 2.41. The summed E-state index contributed by atoms with van der Waals surface area (Å²) in [4.78, 5) is 31.7. The average Bonchev–Trinajstić information content (AvgIpc) is 3.48. The Kier molecular flexibility index (Phi) is 4.18. The number of benzene rings is 3. The van der Waals surface area contributed by atoms with E-state index in [1.54, 1.807) is 0 Å². The van der Waals surface area contributed by atoms with E-state index in [0.717, 1.165) is 52.2 Å². The largest absolute Gasteiger partial charge is 0.375 e. The molecule has 3 aromatic carbocycles. The van der Waals surface area contributed by atoms with Crippen LogP contribution >= 0.6 is 0 Å². The number of ether oxygens (including phenoxy) is 1. The minimum atomic E-state index is -0.201. The first-order chi connectivity index (χ1) is 15.2. The molecule has 4 aromatic rings. The Morgan fingerprint density at radius 1 is 0.871 bits per heavy atom. The summed E-state index contributed by atoms with van der Waals surface area (Å²) in [5.41, 5.74) is 6.55. The Bertz CT molecular complexity index is 1350. The summed E-state index contributed by atoms with van der Waals surface area (Å²) in [6, 6.07) is 17.9. The molecule has 1 aliphatic carbocycles. The van der Waals surface area contributed by atoms with E-state index in [2.05, 4.69) is 4.98 Å². The number of hydrogen-bond acceptors (Lipinski definition) is 3. The van der Waals surface area contributed by atoms with E-state index in [0.29, 0.717) is 24.3 Å². The van der Waals surface area contributed by atoms with Gasteiger partial charge < -0.3 is 9.72 Å². The van der Waals surface area contributed by atoms with Gasteiger partial charge in [-0.15, -0.1) is 0 Å². The van der Waals surface area contributed by atoms with Gasteiger partial charge in [0.25, 0.3) is 11.8 Å². The Hall–Kier alpha value is -3.44. The van der Waals surface area contributed by atoms with E-state index >= 15 is 0 Å². The number of carbonyl (C=O) groups excluding carboxylic acids is 2. The van der Waals surface area contributed by atoms with Crippen LogP contribution in [0.1, 0.15) is 43.8 Å². The van der Waals surface area contributed by atoms with Crippen LogP contribution in [0.5, 0.6) is 0 Å². The summed E-state index contributed by atoms with van der Waals surface area (Å²) in [5, 5.41) is 1.91. The molecule has 6 rings (SSSR count). The Balaban J connectivity index is 1.36. The van der Waals surface area contributed by atoms with Crippen LogP contribution in [0.2, 0.25) is 0 Å². The summed E-state index contributed by atoms with van der Waals surface area (Å²) < 4.78 is 5.76. The lowest BCUT2D eigenvalue weighted by Gasteiger charge is -2.14. The van der Waals surface area contributed by atoms with Crippen molar-refractivity contribution >= 4 is 33.6 Å². The van der Waals surface area contributed by atoms with E-state index in [9.17, 15) is 9.59 Å². The highest BCUT2D eigenvalue weighted by Crippen LogP contribution is 2.42. The van der Waals surface area contributed by atoms with E-state index < -0.39 is 0 Å². The second-order valence-electron chi connectivity index (χ2n) is 8.28. The third kappa shape index (κ3) is 2.73. The molecule has 31 heavy (non-hydrogen) atoms. The molecule has 0 saturated carbocycles. The maximum Gasteiger partial charge on any atom is 0.262 e. The minimum Gasteiger partial charge on any atom is -0.375 e. The molecule has 5 nitrogen and oxygen atoms in total. The molecular formula is C26H22N2O3. The lowest BCUT2D eigenvalue weighted by Crippen LogP contribution is -2.33. The standard InChI is InChI=1S/C26H22N2O3/c29-25-22-17-10-6-11-18(17)24-21(19-9-4-5-12-20(19)27-24)23(22)26(30)28(25)13-14-31-15-16-7-2-1-3-8-16/h1-5,7-9,12,27H,6,10-11,13-15H2. The van der Waals surface area contributed by atoms with E-state index in [4.69, 9.17) is 4.74 Å². The highest BCUT2D eigenvalue weighted by atomic mass is 16.5. The van der Waals surface area contributed by atoms with Crippen LogP contribution in [0.4, 0.5) is 0 Å². The number of nitrogens with one attached hydrogen (secondary N) is 1. The molecule has 0 radical (unpaired) electrons. The molecule has 154 valence electrons.